The molecule has 0 saturated carbocycles. The average Bonchev–Trinajstić information content (AvgIpc) is 2.55. The van der Waals surface area contributed by atoms with Crippen molar-refractivity contribution >= 4 is 5.91 Å². The Labute approximate surface area is 140 Å². The van der Waals surface area contributed by atoms with Crippen molar-refractivity contribution in [3.63, 3.8) is 0 Å². The van der Waals surface area contributed by atoms with E-state index in [2.05, 4.69) is 5.32 Å². The SMILES string of the molecule is CN(C)C(=O)CNC(c1cccc(C(F)(F)F)c1)C1CCOCC1. The number of carbonyl (C=O) groups excluding carboxylic acids is 1. The summed E-state index contributed by atoms with van der Waals surface area (Å²) in [6.07, 6.45) is -2.87. The Morgan fingerprint density at radius 3 is 2.58 bits per heavy atom. The zero-order valence-corrected chi connectivity index (χ0v) is 13.9. The van der Waals surface area contributed by atoms with Gasteiger partial charge >= 0.3 is 6.18 Å². The largest absolute Gasteiger partial charge is 0.416 e. The predicted molar refractivity (Wildman–Crippen MR) is 84.4 cm³/mol. The van der Waals surface area contributed by atoms with Crippen molar-refractivity contribution in [3.8, 4) is 0 Å². The normalized spacial score (nSPS) is 17.5. The Kier molecular flexibility index (Phi) is 6.23. The lowest BCUT2D eigenvalue weighted by Crippen LogP contribution is -2.39. The molecule has 0 aliphatic carbocycles. The quantitative estimate of drug-likeness (QED) is 0.893. The number of amides is 1. The van der Waals surface area contributed by atoms with Crippen LogP contribution in [0.5, 0.6) is 0 Å². The predicted octanol–water partition coefficient (Wildman–Crippen LogP) is 2.85. The van der Waals surface area contributed by atoms with E-state index in [9.17, 15) is 18.0 Å². The van der Waals surface area contributed by atoms with Crippen LogP contribution < -0.4 is 5.32 Å². The highest BCUT2D eigenvalue weighted by molar-refractivity contribution is 5.77. The lowest BCUT2D eigenvalue weighted by Gasteiger charge is -2.32. The molecule has 1 aromatic rings. The van der Waals surface area contributed by atoms with Crippen LogP contribution in [0.4, 0.5) is 13.2 Å². The molecule has 1 atom stereocenters. The van der Waals surface area contributed by atoms with E-state index in [1.54, 1.807) is 20.2 Å². The highest BCUT2D eigenvalue weighted by Crippen LogP contribution is 2.34. The molecule has 0 spiro atoms. The van der Waals surface area contributed by atoms with Gasteiger partial charge in [0.25, 0.3) is 0 Å². The molecular weight excluding hydrogens is 321 g/mol. The van der Waals surface area contributed by atoms with E-state index >= 15 is 0 Å². The second-order valence-electron chi connectivity index (χ2n) is 6.22. The fraction of sp³-hybridized carbons (Fsp3) is 0.588. The van der Waals surface area contributed by atoms with Gasteiger partial charge in [0.1, 0.15) is 0 Å². The zero-order valence-electron chi connectivity index (χ0n) is 13.9. The van der Waals surface area contributed by atoms with Crippen molar-refractivity contribution in [2.24, 2.45) is 5.92 Å². The minimum Gasteiger partial charge on any atom is -0.381 e. The van der Waals surface area contributed by atoms with E-state index in [0.29, 0.717) is 18.8 Å². The van der Waals surface area contributed by atoms with Gasteiger partial charge in [-0.25, -0.2) is 0 Å². The maximum Gasteiger partial charge on any atom is 0.416 e. The first kappa shape index (κ1) is 18.7. The molecule has 0 bridgehead atoms. The van der Waals surface area contributed by atoms with Crippen LogP contribution in [-0.2, 0) is 15.7 Å². The molecule has 1 fully saturated rings. The van der Waals surface area contributed by atoms with Crippen LogP contribution in [-0.4, -0.2) is 44.7 Å². The molecule has 4 nitrogen and oxygen atoms in total. The third-order valence-corrected chi connectivity index (χ3v) is 4.28. The third-order valence-electron chi connectivity index (χ3n) is 4.28. The van der Waals surface area contributed by atoms with Gasteiger partial charge in [0.2, 0.25) is 5.91 Å². The number of nitrogens with one attached hydrogen (secondary N) is 1. The molecule has 1 saturated heterocycles. The number of halogens is 3. The number of benzene rings is 1. The molecular formula is C17H23F3N2O2. The summed E-state index contributed by atoms with van der Waals surface area (Å²) in [4.78, 5) is 13.3. The highest BCUT2D eigenvalue weighted by Gasteiger charge is 2.32. The van der Waals surface area contributed by atoms with Crippen LogP contribution in [0, 0.1) is 5.92 Å². The maximum absolute atomic E-state index is 13.0. The fourth-order valence-electron chi connectivity index (χ4n) is 2.87. The van der Waals surface area contributed by atoms with Crippen molar-refractivity contribution < 1.29 is 22.7 Å². The molecule has 1 N–H and O–H groups in total. The standard InChI is InChI=1S/C17H23F3N2O2/c1-22(2)15(23)11-21-16(12-6-8-24-9-7-12)13-4-3-5-14(10-13)17(18,19)20/h3-5,10,12,16,21H,6-9,11H2,1-2H3. The minimum atomic E-state index is -4.38. The van der Waals surface area contributed by atoms with Crippen molar-refractivity contribution in [3.05, 3.63) is 35.4 Å². The molecule has 134 valence electrons. The number of rotatable bonds is 5. The molecule has 1 amide bonds. The van der Waals surface area contributed by atoms with Gasteiger partial charge < -0.3 is 15.0 Å². The van der Waals surface area contributed by atoms with E-state index in [4.69, 9.17) is 4.74 Å². The van der Waals surface area contributed by atoms with E-state index in [1.807, 2.05) is 0 Å². The summed E-state index contributed by atoms with van der Waals surface area (Å²) in [5.74, 6) is 0.0243. The number of nitrogens with zero attached hydrogens (tertiary/aromatic N) is 1. The summed E-state index contributed by atoms with van der Waals surface area (Å²) < 4.78 is 44.3. The molecule has 1 aliphatic rings. The van der Waals surface area contributed by atoms with Crippen molar-refractivity contribution in [1.29, 1.82) is 0 Å². The summed E-state index contributed by atoms with van der Waals surface area (Å²) in [6.45, 7) is 1.26. The van der Waals surface area contributed by atoms with Gasteiger partial charge in [-0.15, -0.1) is 0 Å². The molecule has 1 aliphatic heterocycles. The van der Waals surface area contributed by atoms with Crippen LogP contribution in [0.3, 0.4) is 0 Å². The van der Waals surface area contributed by atoms with E-state index in [0.717, 1.165) is 18.9 Å². The van der Waals surface area contributed by atoms with Gasteiger partial charge in [0.15, 0.2) is 0 Å². The van der Waals surface area contributed by atoms with E-state index in [-0.39, 0.29) is 24.4 Å². The number of likely N-dealkylation sites (N-methyl/N-ethyl adjacent to an activating group) is 1. The van der Waals surface area contributed by atoms with Gasteiger partial charge in [0.05, 0.1) is 12.1 Å². The van der Waals surface area contributed by atoms with Crippen molar-refractivity contribution in [1.82, 2.24) is 10.2 Å². The lowest BCUT2D eigenvalue weighted by atomic mass is 9.86. The van der Waals surface area contributed by atoms with Gasteiger partial charge in [0, 0.05) is 33.4 Å². The number of hydrogen-bond donors (Lipinski definition) is 1. The van der Waals surface area contributed by atoms with Gasteiger partial charge in [-0.3, -0.25) is 4.79 Å². The fourth-order valence-corrected chi connectivity index (χ4v) is 2.87. The number of hydrogen-bond acceptors (Lipinski definition) is 3. The lowest BCUT2D eigenvalue weighted by molar-refractivity contribution is -0.137. The van der Waals surface area contributed by atoms with E-state index < -0.39 is 11.7 Å². The minimum absolute atomic E-state index is 0.0886. The summed E-state index contributed by atoms with van der Waals surface area (Å²) in [5, 5.41) is 3.15. The first-order chi connectivity index (χ1) is 11.3. The first-order valence-corrected chi connectivity index (χ1v) is 7.97. The van der Waals surface area contributed by atoms with Crippen LogP contribution in [0.2, 0.25) is 0 Å². The third kappa shape index (κ3) is 4.95. The summed E-state index contributed by atoms with van der Waals surface area (Å²) in [6, 6.07) is 5.03. The smallest absolute Gasteiger partial charge is 0.381 e. The maximum atomic E-state index is 13.0. The second-order valence-corrected chi connectivity index (χ2v) is 6.22. The van der Waals surface area contributed by atoms with E-state index in [1.165, 1.54) is 17.0 Å². The highest BCUT2D eigenvalue weighted by atomic mass is 19.4. The molecule has 0 aromatic heterocycles. The van der Waals surface area contributed by atoms with Crippen LogP contribution in [0.15, 0.2) is 24.3 Å². The summed E-state index contributed by atoms with van der Waals surface area (Å²) >= 11 is 0. The number of carbonyl (C=O) groups is 1. The Balaban J connectivity index is 2.22. The molecule has 1 heterocycles. The zero-order chi connectivity index (χ0) is 17.7. The van der Waals surface area contributed by atoms with Crippen molar-refractivity contribution in [2.45, 2.75) is 25.1 Å². The number of alkyl halides is 3. The Morgan fingerprint density at radius 2 is 2.00 bits per heavy atom. The number of ether oxygens (including phenoxy) is 1. The molecule has 1 aromatic carbocycles. The molecule has 1 unspecified atom stereocenters. The Bertz CT molecular complexity index is 555. The summed E-state index contributed by atoms with van der Waals surface area (Å²) in [5.41, 5.74) is -0.110. The van der Waals surface area contributed by atoms with Crippen LogP contribution >= 0.6 is 0 Å². The van der Waals surface area contributed by atoms with Crippen LogP contribution in [0.1, 0.15) is 30.0 Å². The molecule has 7 heteroatoms. The molecule has 24 heavy (non-hydrogen) atoms. The van der Waals surface area contributed by atoms with Crippen molar-refractivity contribution in [2.75, 3.05) is 33.9 Å². The molecule has 2 rings (SSSR count). The Hall–Kier alpha value is -1.60. The second kappa shape index (κ2) is 7.98. The molecule has 0 radical (unpaired) electrons. The monoisotopic (exact) mass is 344 g/mol. The average molecular weight is 344 g/mol. The van der Waals surface area contributed by atoms with Crippen LogP contribution in [0.25, 0.3) is 0 Å². The van der Waals surface area contributed by atoms with Gasteiger partial charge in [-0.05, 0) is 36.5 Å². The van der Waals surface area contributed by atoms with Gasteiger partial charge in [-0.1, -0.05) is 12.1 Å². The van der Waals surface area contributed by atoms with Gasteiger partial charge in [-0.2, -0.15) is 13.2 Å². The summed E-state index contributed by atoms with van der Waals surface area (Å²) in [7, 11) is 3.30. The first-order valence-electron chi connectivity index (χ1n) is 7.97. The Morgan fingerprint density at radius 1 is 1.33 bits per heavy atom. The topological polar surface area (TPSA) is 41.6 Å².